The Hall–Kier alpha value is -1.99. The Morgan fingerprint density at radius 1 is 1.35 bits per heavy atom. The lowest BCUT2D eigenvalue weighted by molar-refractivity contribution is 0.803. The highest BCUT2D eigenvalue weighted by Crippen LogP contribution is 2.35. The van der Waals surface area contributed by atoms with Crippen molar-refractivity contribution in [2.75, 3.05) is 10.6 Å². The molecular weight excluding hydrogens is 266 g/mol. The minimum Gasteiger partial charge on any atom is -0.398 e. The number of nitrogens with two attached hydrogens (primary N) is 1. The van der Waals surface area contributed by atoms with Gasteiger partial charge in [0.1, 0.15) is 0 Å². The van der Waals surface area contributed by atoms with Gasteiger partial charge >= 0.3 is 0 Å². The minimum absolute atomic E-state index is 0.372. The highest BCUT2D eigenvalue weighted by atomic mass is 32.1. The van der Waals surface area contributed by atoms with Crippen LogP contribution < -0.4 is 10.6 Å². The Bertz CT molecular complexity index is 624. The van der Waals surface area contributed by atoms with E-state index < -0.39 is 0 Å². The zero-order valence-corrected chi connectivity index (χ0v) is 12.1. The summed E-state index contributed by atoms with van der Waals surface area (Å²) in [5.74, 6) is 0. The Labute approximate surface area is 123 Å². The summed E-state index contributed by atoms with van der Waals surface area (Å²) in [5, 5.41) is 11.0. The topological polar surface area (TPSA) is 53.0 Å². The molecule has 1 saturated carbocycles. The molecule has 0 bridgehead atoms. The quantitative estimate of drug-likeness (QED) is 0.854. The molecule has 2 N–H and O–H groups in total. The van der Waals surface area contributed by atoms with E-state index >= 15 is 0 Å². The highest BCUT2D eigenvalue weighted by molar-refractivity contribution is 7.09. The van der Waals surface area contributed by atoms with Gasteiger partial charge in [0.2, 0.25) is 0 Å². The highest BCUT2D eigenvalue weighted by Gasteiger charge is 2.29. The van der Waals surface area contributed by atoms with Crippen LogP contribution in [0.1, 0.15) is 23.3 Å². The van der Waals surface area contributed by atoms with Crippen LogP contribution in [-0.2, 0) is 13.0 Å². The van der Waals surface area contributed by atoms with E-state index in [0.717, 1.165) is 12.1 Å². The number of hydrogen-bond acceptors (Lipinski definition) is 4. The van der Waals surface area contributed by atoms with E-state index in [1.165, 1.54) is 23.4 Å². The first-order valence-corrected chi connectivity index (χ1v) is 7.70. The number of anilines is 2. The fourth-order valence-electron chi connectivity index (χ4n) is 2.40. The Morgan fingerprint density at radius 3 is 2.85 bits per heavy atom. The van der Waals surface area contributed by atoms with Crippen LogP contribution in [0.4, 0.5) is 11.4 Å². The van der Waals surface area contributed by atoms with Crippen LogP contribution in [0, 0.1) is 11.3 Å². The summed E-state index contributed by atoms with van der Waals surface area (Å²) in [4.78, 5) is 3.81. The lowest BCUT2D eigenvalue weighted by Gasteiger charge is -2.25. The van der Waals surface area contributed by atoms with Crippen molar-refractivity contribution in [2.45, 2.75) is 31.8 Å². The Morgan fingerprint density at radius 2 is 2.20 bits per heavy atom. The van der Waals surface area contributed by atoms with Gasteiger partial charge in [0.05, 0.1) is 19.0 Å². The molecule has 0 aliphatic heterocycles. The van der Waals surface area contributed by atoms with Gasteiger partial charge in [-0.05, 0) is 48.1 Å². The van der Waals surface area contributed by atoms with Gasteiger partial charge in [-0.1, -0.05) is 6.07 Å². The zero-order valence-electron chi connectivity index (χ0n) is 11.2. The van der Waals surface area contributed by atoms with Crippen molar-refractivity contribution in [3.8, 4) is 6.07 Å². The van der Waals surface area contributed by atoms with Crippen molar-refractivity contribution in [2.24, 2.45) is 0 Å². The molecule has 0 saturated heterocycles. The average molecular weight is 283 g/mol. The molecule has 1 aromatic heterocycles. The summed E-state index contributed by atoms with van der Waals surface area (Å²) >= 11 is 1.79. The zero-order chi connectivity index (χ0) is 13.9. The maximum atomic E-state index is 8.89. The number of nitrogens with zero attached hydrogens (tertiary/aromatic N) is 2. The summed E-state index contributed by atoms with van der Waals surface area (Å²) in [6.45, 7) is 0.943. The summed E-state index contributed by atoms with van der Waals surface area (Å²) in [7, 11) is 0. The third kappa shape index (κ3) is 2.78. The second-order valence-corrected chi connectivity index (χ2v) is 6.19. The normalized spacial score (nSPS) is 13.9. The molecule has 0 spiro atoms. The van der Waals surface area contributed by atoms with Crippen LogP contribution in [-0.4, -0.2) is 6.04 Å². The number of nitriles is 1. The van der Waals surface area contributed by atoms with E-state index in [4.69, 9.17) is 11.0 Å². The number of benzene rings is 1. The van der Waals surface area contributed by atoms with Crippen molar-refractivity contribution in [1.82, 2.24) is 0 Å². The molecular formula is C16H17N3S. The molecule has 2 aromatic rings. The molecule has 1 aliphatic carbocycles. The second-order valence-electron chi connectivity index (χ2n) is 5.16. The lowest BCUT2D eigenvalue weighted by atomic mass is 10.1. The second kappa shape index (κ2) is 5.56. The molecule has 3 rings (SSSR count). The van der Waals surface area contributed by atoms with Crippen LogP contribution in [0.3, 0.4) is 0 Å². The molecule has 20 heavy (non-hydrogen) atoms. The summed E-state index contributed by atoms with van der Waals surface area (Å²) in [6.07, 6.45) is 2.88. The van der Waals surface area contributed by atoms with Crippen LogP contribution >= 0.6 is 11.3 Å². The van der Waals surface area contributed by atoms with E-state index in [2.05, 4.69) is 40.6 Å². The van der Waals surface area contributed by atoms with Crippen LogP contribution in [0.25, 0.3) is 0 Å². The van der Waals surface area contributed by atoms with Crippen molar-refractivity contribution in [3.63, 3.8) is 0 Å². The minimum atomic E-state index is 0.372. The van der Waals surface area contributed by atoms with Crippen LogP contribution in [0.15, 0.2) is 35.7 Å². The van der Waals surface area contributed by atoms with Gasteiger partial charge in [0, 0.05) is 22.3 Å². The van der Waals surface area contributed by atoms with Gasteiger partial charge in [-0.15, -0.1) is 11.3 Å². The molecule has 3 nitrogen and oxygen atoms in total. The Kier molecular flexibility index (Phi) is 3.62. The third-order valence-corrected chi connectivity index (χ3v) is 4.48. The molecule has 1 aromatic carbocycles. The summed E-state index contributed by atoms with van der Waals surface area (Å²) in [6, 6.07) is 13.2. The molecule has 1 heterocycles. The fraction of sp³-hybridized carbons (Fsp3) is 0.312. The average Bonchev–Trinajstić information content (AvgIpc) is 3.16. The van der Waals surface area contributed by atoms with Crippen molar-refractivity contribution in [1.29, 1.82) is 5.26 Å². The Balaban J connectivity index is 1.87. The molecule has 102 valence electrons. The molecule has 0 atom stereocenters. The monoisotopic (exact) mass is 283 g/mol. The van der Waals surface area contributed by atoms with Gasteiger partial charge in [-0.25, -0.2) is 0 Å². The number of rotatable bonds is 5. The van der Waals surface area contributed by atoms with Gasteiger partial charge < -0.3 is 10.6 Å². The predicted octanol–water partition coefficient (Wildman–Crippen LogP) is 3.57. The predicted molar refractivity (Wildman–Crippen MR) is 83.7 cm³/mol. The van der Waals surface area contributed by atoms with Crippen molar-refractivity contribution < 1.29 is 0 Å². The molecule has 1 fully saturated rings. The largest absolute Gasteiger partial charge is 0.398 e. The molecule has 1 aliphatic rings. The maximum Gasteiger partial charge on any atom is 0.0670 e. The number of hydrogen-bond donors (Lipinski definition) is 1. The van der Waals surface area contributed by atoms with E-state index in [1.807, 2.05) is 6.07 Å². The van der Waals surface area contributed by atoms with Gasteiger partial charge in [0.15, 0.2) is 0 Å². The van der Waals surface area contributed by atoms with E-state index in [9.17, 15) is 0 Å². The standard InChI is InChI=1S/C16H17N3S/c17-8-7-12-10-14(5-6-16(12)18)19(13-3-4-13)11-15-2-1-9-20-15/h1-2,5-6,9-10,13H,3-4,7,11,18H2. The smallest absolute Gasteiger partial charge is 0.0670 e. The lowest BCUT2D eigenvalue weighted by Crippen LogP contribution is -2.24. The van der Waals surface area contributed by atoms with Gasteiger partial charge in [0.25, 0.3) is 0 Å². The first kappa shape index (κ1) is 13.0. The number of nitrogen functional groups attached to an aromatic ring is 1. The third-order valence-electron chi connectivity index (χ3n) is 3.62. The van der Waals surface area contributed by atoms with Gasteiger partial charge in [-0.2, -0.15) is 5.26 Å². The SMILES string of the molecule is N#CCc1cc(N(Cc2cccs2)C2CC2)ccc1N. The van der Waals surface area contributed by atoms with E-state index in [0.29, 0.717) is 18.2 Å². The van der Waals surface area contributed by atoms with E-state index in [1.54, 1.807) is 11.3 Å². The maximum absolute atomic E-state index is 8.89. The van der Waals surface area contributed by atoms with Crippen molar-refractivity contribution >= 4 is 22.7 Å². The molecule has 0 unspecified atom stereocenters. The van der Waals surface area contributed by atoms with Gasteiger partial charge in [-0.3, -0.25) is 0 Å². The van der Waals surface area contributed by atoms with Crippen molar-refractivity contribution in [3.05, 3.63) is 46.2 Å². The van der Waals surface area contributed by atoms with Crippen LogP contribution in [0.5, 0.6) is 0 Å². The number of thiophene rings is 1. The first-order chi connectivity index (χ1) is 9.78. The fourth-order valence-corrected chi connectivity index (χ4v) is 3.10. The summed E-state index contributed by atoms with van der Waals surface area (Å²) < 4.78 is 0. The summed E-state index contributed by atoms with van der Waals surface area (Å²) in [5.41, 5.74) is 8.76. The van der Waals surface area contributed by atoms with E-state index in [-0.39, 0.29) is 0 Å². The molecule has 4 heteroatoms. The molecule has 0 radical (unpaired) electrons. The van der Waals surface area contributed by atoms with Crippen LogP contribution in [0.2, 0.25) is 0 Å². The first-order valence-electron chi connectivity index (χ1n) is 6.82. The molecule has 0 amide bonds.